The molecule has 0 unspecified atom stereocenters. The zero-order valence-electron chi connectivity index (χ0n) is 16.5. The van der Waals surface area contributed by atoms with Crippen LogP contribution in [0.3, 0.4) is 0 Å². The number of hydrogen-bond donors (Lipinski definition) is 2. The zero-order valence-corrected chi connectivity index (χ0v) is 17.2. The fraction of sp³-hybridized carbons (Fsp3) is 0.250. The number of pyridine rings is 1. The first-order valence-electron chi connectivity index (χ1n) is 9.57. The number of rotatable bonds is 7. The molecule has 2 N–H and O–H groups in total. The number of anilines is 2. The Kier molecular flexibility index (Phi) is 5.99. The van der Waals surface area contributed by atoms with Crippen molar-refractivity contribution in [3.8, 4) is 17.0 Å². The predicted molar refractivity (Wildman–Crippen MR) is 114 cm³/mol. The average Bonchev–Trinajstić information content (AvgIpc) is 3.46. The molecule has 1 atom stereocenters. The van der Waals surface area contributed by atoms with Gasteiger partial charge < -0.3 is 15.0 Å². The number of halogens is 3. The number of alkyl halides is 3. The molecule has 0 bridgehead atoms. The number of ether oxygens (including phenoxy) is 1. The molecule has 9 nitrogen and oxygen atoms in total. The summed E-state index contributed by atoms with van der Waals surface area (Å²) in [4.78, 5) is 30.0. The zero-order chi connectivity index (χ0) is 22.7. The van der Waals surface area contributed by atoms with Crippen molar-refractivity contribution >= 4 is 29.0 Å². The molecule has 4 rings (SSSR count). The third kappa shape index (κ3) is 4.99. The second kappa shape index (κ2) is 8.87. The molecule has 1 aromatic carbocycles. The minimum absolute atomic E-state index is 0.149. The van der Waals surface area contributed by atoms with Crippen molar-refractivity contribution in [2.75, 3.05) is 23.3 Å². The predicted octanol–water partition coefficient (Wildman–Crippen LogP) is 4.24. The Morgan fingerprint density at radius 3 is 2.72 bits per heavy atom. The second-order valence-corrected chi connectivity index (χ2v) is 7.53. The van der Waals surface area contributed by atoms with Gasteiger partial charge in [0.15, 0.2) is 0 Å². The monoisotopic (exact) mass is 462 g/mol. The van der Waals surface area contributed by atoms with E-state index < -0.39 is 11.5 Å². The molecule has 2 aromatic heterocycles. The molecule has 32 heavy (non-hydrogen) atoms. The summed E-state index contributed by atoms with van der Waals surface area (Å²) in [6, 6.07) is 8.44. The number of aromatic nitrogens is 3. The van der Waals surface area contributed by atoms with Crippen LogP contribution in [0.4, 0.5) is 20.3 Å². The highest BCUT2D eigenvalue weighted by molar-refractivity contribution is 6.20. The Morgan fingerprint density at radius 1 is 1.31 bits per heavy atom. The van der Waals surface area contributed by atoms with E-state index in [0.717, 1.165) is 0 Å². The highest BCUT2D eigenvalue weighted by Gasteiger charge is 2.28. The van der Waals surface area contributed by atoms with Gasteiger partial charge in [-0.2, -0.15) is 10.0 Å². The third-order valence-corrected chi connectivity index (χ3v) is 4.95. The molecule has 1 aliphatic heterocycles. The minimum Gasteiger partial charge on any atom is -0.420 e. The van der Waals surface area contributed by atoms with Crippen LogP contribution < -0.4 is 15.0 Å². The smallest absolute Gasteiger partial charge is 0.420 e. The molecule has 1 aliphatic rings. The molecule has 3 aromatic rings. The number of nitrogens with one attached hydrogen (secondary N) is 2. The summed E-state index contributed by atoms with van der Waals surface area (Å²) in [7, 11) is 0. The van der Waals surface area contributed by atoms with Gasteiger partial charge in [-0.25, -0.2) is 4.98 Å². The van der Waals surface area contributed by atoms with Gasteiger partial charge in [0.05, 0.1) is 11.3 Å². The first-order valence-corrected chi connectivity index (χ1v) is 9.94. The summed E-state index contributed by atoms with van der Waals surface area (Å²) in [6.07, 6.45) is 3.64. The molecule has 1 amide bonds. The summed E-state index contributed by atoms with van der Waals surface area (Å²) in [5.74, 6) is 0.0137. The molecule has 1 fully saturated rings. The number of hydrogen-bond acceptors (Lipinski definition) is 7. The molecule has 0 spiro atoms. The summed E-state index contributed by atoms with van der Waals surface area (Å²) < 4.78 is 29.7. The number of nitroso groups, excluding NO2 is 1. The van der Waals surface area contributed by atoms with Crippen LogP contribution in [0.2, 0.25) is 0 Å². The summed E-state index contributed by atoms with van der Waals surface area (Å²) in [5, 5.41) is 12.6. The largest absolute Gasteiger partial charge is 0.487 e. The summed E-state index contributed by atoms with van der Waals surface area (Å²) >= 11 is 4.74. The van der Waals surface area contributed by atoms with Crippen LogP contribution in [0, 0.1) is 4.91 Å². The molecule has 3 heterocycles. The van der Waals surface area contributed by atoms with Gasteiger partial charge in [-0.15, -0.1) is 8.78 Å². The minimum atomic E-state index is -3.82. The van der Waals surface area contributed by atoms with Crippen molar-refractivity contribution in [2.24, 2.45) is 5.18 Å². The standard InChI is InChI=1S/C20H17ClF2N6O3/c21-20(22,23)32-15-3-1-13(2-4-15)26-19(30)12-9-16(17-5-7-25-27-17)18(24-10-12)29-8-6-14(11-29)28-31/h1-5,7,9-10,14H,6,8,11H2,(H,25,27)(H,26,30)/t14-/m1/s1. The topological polar surface area (TPSA) is 113 Å². The molecule has 0 saturated carbocycles. The van der Waals surface area contributed by atoms with E-state index in [0.29, 0.717) is 42.3 Å². The van der Waals surface area contributed by atoms with Gasteiger partial charge in [0.25, 0.3) is 5.91 Å². The number of carbonyl (C=O) groups is 1. The van der Waals surface area contributed by atoms with Crippen LogP contribution in [-0.4, -0.2) is 45.8 Å². The Morgan fingerprint density at radius 2 is 2.09 bits per heavy atom. The van der Waals surface area contributed by atoms with E-state index in [-0.39, 0.29) is 17.4 Å². The van der Waals surface area contributed by atoms with E-state index in [4.69, 9.17) is 11.6 Å². The molecular weight excluding hydrogens is 446 g/mol. The first-order chi connectivity index (χ1) is 15.3. The van der Waals surface area contributed by atoms with E-state index in [1.54, 1.807) is 18.3 Å². The van der Waals surface area contributed by atoms with Crippen molar-refractivity contribution in [3.05, 3.63) is 59.3 Å². The number of benzene rings is 1. The second-order valence-electron chi connectivity index (χ2n) is 7.09. The van der Waals surface area contributed by atoms with Crippen molar-refractivity contribution in [3.63, 3.8) is 0 Å². The lowest BCUT2D eigenvalue weighted by molar-refractivity contribution is -0.0964. The van der Waals surface area contributed by atoms with Gasteiger partial charge in [0.1, 0.15) is 17.6 Å². The Balaban J connectivity index is 1.55. The SMILES string of the molecule is O=N[C@@H]1CCN(c2ncc(C(=O)Nc3ccc(OC(F)(F)Cl)cc3)cc2-c2ccn[nH]2)C1. The number of nitrogens with zero attached hydrogens (tertiary/aromatic N) is 4. The van der Waals surface area contributed by atoms with Gasteiger partial charge in [0.2, 0.25) is 0 Å². The highest BCUT2D eigenvalue weighted by atomic mass is 35.5. The van der Waals surface area contributed by atoms with Crippen molar-refractivity contribution < 1.29 is 18.3 Å². The molecule has 0 aliphatic carbocycles. The Bertz CT molecular complexity index is 1110. The van der Waals surface area contributed by atoms with Crippen LogP contribution in [-0.2, 0) is 0 Å². The normalized spacial score (nSPS) is 16.1. The molecule has 166 valence electrons. The molecular formula is C20H17ClF2N6O3. The lowest BCUT2D eigenvalue weighted by Crippen LogP contribution is -2.23. The maximum Gasteiger partial charge on any atom is 0.487 e. The van der Waals surface area contributed by atoms with Gasteiger partial charge in [-0.05, 0) is 42.8 Å². The van der Waals surface area contributed by atoms with Crippen LogP contribution in [0.5, 0.6) is 5.75 Å². The van der Waals surface area contributed by atoms with Gasteiger partial charge in [0, 0.05) is 48.3 Å². The van der Waals surface area contributed by atoms with Crippen LogP contribution in [0.1, 0.15) is 16.8 Å². The van der Waals surface area contributed by atoms with E-state index in [1.165, 1.54) is 30.5 Å². The van der Waals surface area contributed by atoms with Gasteiger partial charge >= 0.3 is 5.57 Å². The summed E-state index contributed by atoms with van der Waals surface area (Å²) in [6.45, 7) is 1.06. The number of H-pyrrole nitrogens is 1. The fourth-order valence-corrected chi connectivity index (χ4v) is 3.49. The van der Waals surface area contributed by atoms with Crippen LogP contribution in [0.25, 0.3) is 11.3 Å². The number of amides is 1. The molecule has 0 radical (unpaired) electrons. The maximum absolute atomic E-state index is 12.8. The van der Waals surface area contributed by atoms with E-state index >= 15 is 0 Å². The fourth-order valence-electron chi connectivity index (χ4n) is 3.40. The quantitative estimate of drug-likeness (QED) is 0.401. The highest BCUT2D eigenvalue weighted by Crippen LogP contribution is 2.32. The lowest BCUT2D eigenvalue weighted by atomic mass is 10.1. The van der Waals surface area contributed by atoms with Crippen LogP contribution >= 0.6 is 11.6 Å². The van der Waals surface area contributed by atoms with E-state index in [1.807, 2.05) is 4.90 Å². The molecule has 12 heteroatoms. The van der Waals surface area contributed by atoms with E-state index in [9.17, 15) is 18.5 Å². The average molecular weight is 463 g/mol. The van der Waals surface area contributed by atoms with Crippen molar-refractivity contribution in [2.45, 2.75) is 18.0 Å². The van der Waals surface area contributed by atoms with Crippen LogP contribution in [0.15, 0.2) is 54.0 Å². The van der Waals surface area contributed by atoms with Gasteiger partial charge in [-0.1, -0.05) is 5.18 Å². The number of aromatic amines is 1. The Labute approximate surface area is 185 Å². The van der Waals surface area contributed by atoms with E-state index in [2.05, 4.69) is 30.4 Å². The first kappa shape index (κ1) is 21.6. The maximum atomic E-state index is 12.8. The summed E-state index contributed by atoms with van der Waals surface area (Å²) in [5.41, 5.74) is -1.87. The lowest BCUT2D eigenvalue weighted by Gasteiger charge is -2.20. The third-order valence-electron chi connectivity index (χ3n) is 4.88. The van der Waals surface area contributed by atoms with Crippen molar-refractivity contribution in [1.29, 1.82) is 0 Å². The van der Waals surface area contributed by atoms with Gasteiger partial charge in [-0.3, -0.25) is 9.89 Å². The molecule has 1 saturated heterocycles. The number of carbonyl (C=O) groups excluding carboxylic acids is 1. The Hall–Kier alpha value is -3.60. The van der Waals surface area contributed by atoms with Crippen molar-refractivity contribution in [1.82, 2.24) is 15.2 Å².